The van der Waals surface area contributed by atoms with Crippen LogP contribution >= 0.6 is 12.4 Å². The summed E-state index contributed by atoms with van der Waals surface area (Å²) < 4.78 is 0. The van der Waals surface area contributed by atoms with E-state index in [0.29, 0.717) is 5.69 Å². The van der Waals surface area contributed by atoms with Crippen LogP contribution in [0.5, 0.6) is 0 Å². The van der Waals surface area contributed by atoms with Gasteiger partial charge in [-0.1, -0.05) is 6.07 Å². The second-order valence-corrected chi connectivity index (χ2v) is 3.55. The van der Waals surface area contributed by atoms with Gasteiger partial charge in [0, 0.05) is 19.3 Å². The largest absolute Gasteiger partial charge is 0.345 e. The summed E-state index contributed by atoms with van der Waals surface area (Å²) in [7, 11) is 0. The molecule has 1 fully saturated rings. The zero-order chi connectivity index (χ0) is 9.97. The van der Waals surface area contributed by atoms with Gasteiger partial charge in [-0.05, 0) is 18.6 Å². The summed E-state index contributed by atoms with van der Waals surface area (Å²) in [5.41, 5.74) is 1.55. The van der Waals surface area contributed by atoms with Crippen molar-refractivity contribution in [2.75, 3.05) is 13.1 Å². The summed E-state index contributed by atoms with van der Waals surface area (Å²) in [6.07, 6.45) is 1.70. The highest BCUT2D eigenvalue weighted by atomic mass is 35.5. The number of carbonyl (C=O) groups is 1. The van der Waals surface area contributed by atoms with Gasteiger partial charge in [0.15, 0.2) is 0 Å². The Bertz CT molecular complexity index is 335. The molecule has 0 aromatic carbocycles. The Morgan fingerprint density at radius 2 is 2.27 bits per heavy atom. The third kappa shape index (κ3) is 2.91. The number of nitrogens with zero attached hydrogens (tertiary/aromatic N) is 1. The van der Waals surface area contributed by atoms with E-state index in [1.165, 1.54) is 0 Å². The van der Waals surface area contributed by atoms with Crippen molar-refractivity contribution in [2.45, 2.75) is 13.0 Å². The summed E-state index contributed by atoms with van der Waals surface area (Å²) in [4.78, 5) is 15.6. The Hall–Kier alpha value is -1.13. The minimum atomic E-state index is -0.0866. The number of amides is 1. The quantitative estimate of drug-likeness (QED) is 0.774. The maximum absolute atomic E-state index is 11.6. The predicted molar refractivity (Wildman–Crippen MR) is 60.3 cm³/mol. The SMILES string of the molecule is Cc1ccc(C(=O)NC2CNC2)nc1.Cl. The molecule has 1 aromatic heterocycles. The molecule has 1 saturated heterocycles. The first-order valence-electron chi connectivity index (χ1n) is 4.70. The fourth-order valence-corrected chi connectivity index (χ4v) is 1.25. The summed E-state index contributed by atoms with van der Waals surface area (Å²) in [6, 6.07) is 3.91. The second-order valence-electron chi connectivity index (χ2n) is 3.55. The van der Waals surface area contributed by atoms with Gasteiger partial charge < -0.3 is 10.6 Å². The highest BCUT2D eigenvalue weighted by molar-refractivity contribution is 5.92. The van der Waals surface area contributed by atoms with E-state index in [9.17, 15) is 4.79 Å². The van der Waals surface area contributed by atoms with Crippen LogP contribution < -0.4 is 10.6 Å². The molecule has 0 atom stereocenters. The van der Waals surface area contributed by atoms with Crippen LogP contribution in [-0.4, -0.2) is 30.0 Å². The lowest BCUT2D eigenvalue weighted by atomic mass is 10.1. The highest BCUT2D eigenvalue weighted by Gasteiger charge is 2.19. The molecule has 2 N–H and O–H groups in total. The number of rotatable bonds is 2. The zero-order valence-electron chi connectivity index (χ0n) is 8.49. The van der Waals surface area contributed by atoms with Gasteiger partial charge in [-0.2, -0.15) is 0 Å². The van der Waals surface area contributed by atoms with E-state index in [-0.39, 0.29) is 24.4 Å². The summed E-state index contributed by atoms with van der Waals surface area (Å²) in [6.45, 7) is 3.67. The molecular weight excluding hydrogens is 214 g/mol. The average molecular weight is 228 g/mol. The first kappa shape index (κ1) is 11.9. The van der Waals surface area contributed by atoms with Gasteiger partial charge >= 0.3 is 0 Å². The van der Waals surface area contributed by atoms with Gasteiger partial charge in [-0.15, -0.1) is 12.4 Å². The number of aryl methyl sites for hydroxylation is 1. The molecule has 0 saturated carbocycles. The van der Waals surface area contributed by atoms with Crippen molar-refractivity contribution in [3.05, 3.63) is 29.6 Å². The average Bonchev–Trinajstić information content (AvgIpc) is 2.12. The standard InChI is InChI=1S/C10H13N3O.ClH/c1-7-2-3-9(12-4-7)10(14)13-8-5-11-6-8;/h2-4,8,11H,5-6H2,1H3,(H,13,14);1H. The number of hydrogen-bond donors (Lipinski definition) is 2. The third-order valence-electron chi connectivity index (χ3n) is 2.26. The molecule has 2 heterocycles. The molecule has 0 spiro atoms. The van der Waals surface area contributed by atoms with Crippen molar-refractivity contribution in [3.8, 4) is 0 Å². The molecule has 1 aliphatic heterocycles. The van der Waals surface area contributed by atoms with Crippen LogP contribution in [-0.2, 0) is 0 Å². The van der Waals surface area contributed by atoms with Crippen LogP contribution in [0.25, 0.3) is 0 Å². The Morgan fingerprint density at radius 1 is 1.53 bits per heavy atom. The van der Waals surface area contributed by atoms with Gasteiger partial charge in [-0.25, -0.2) is 0 Å². The van der Waals surface area contributed by atoms with Gasteiger partial charge in [0.1, 0.15) is 5.69 Å². The van der Waals surface area contributed by atoms with Crippen LogP contribution in [0.2, 0.25) is 0 Å². The molecule has 82 valence electrons. The van der Waals surface area contributed by atoms with Crippen molar-refractivity contribution in [2.24, 2.45) is 0 Å². The smallest absolute Gasteiger partial charge is 0.270 e. The lowest BCUT2D eigenvalue weighted by molar-refractivity contribution is 0.0919. The van der Waals surface area contributed by atoms with Crippen molar-refractivity contribution in [1.82, 2.24) is 15.6 Å². The van der Waals surface area contributed by atoms with Crippen LogP contribution in [0, 0.1) is 6.92 Å². The van der Waals surface area contributed by atoms with E-state index >= 15 is 0 Å². The minimum absolute atomic E-state index is 0. The van der Waals surface area contributed by atoms with Gasteiger partial charge in [0.25, 0.3) is 5.91 Å². The highest BCUT2D eigenvalue weighted by Crippen LogP contribution is 2.00. The molecule has 1 aromatic rings. The Kier molecular flexibility index (Phi) is 4.05. The lowest BCUT2D eigenvalue weighted by Gasteiger charge is -2.27. The molecule has 1 amide bonds. The van der Waals surface area contributed by atoms with Crippen LogP contribution in [0.4, 0.5) is 0 Å². The van der Waals surface area contributed by atoms with Crippen LogP contribution in [0.1, 0.15) is 16.1 Å². The third-order valence-corrected chi connectivity index (χ3v) is 2.26. The zero-order valence-corrected chi connectivity index (χ0v) is 9.30. The molecule has 5 heteroatoms. The molecule has 15 heavy (non-hydrogen) atoms. The predicted octanol–water partition coefficient (Wildman–Crippen LogP) is 0.513. The van der Waals surface area contributed by atoms with Gasteiger partial charge in [0.05, 0.1) is 6.04 Å². The number of hydrogen-bond acceptors (Lipinski definition) is 3. The number of pyridine rings is 1. The monoisotopic (exact) mass is 227 g/mol. The Labute approximate surface area is 94.9 Å². The first-order chi connectivity index (χ1) is 6.75. The normalized spacial score (nSPS) is 15.0. The number of aromatic nitrogens is 1. The fourth-order valence-electron chi connectivity index (χ4n) is 1.25. The summed E-state index contributed by atoms with van der Waals surface area (Å²) >= 11 is 0. The van der Waals surface area contributed by atoms with Crippen molar-refractivity contribution in [1.29, 1.82) is 0 Å². The molecule has 0 radical (unpaired) electrons. The van der Waals surface area contributed by atoms with E-state index in [1.807, 2.05) is 13.0 Å². The molecular formula is C10H14ClN3O. The van der Waals surface area contributed by atoms with Crippen molar-refractivity contribution >= 4 is 18.3 Å². The van der Waals surface area contributed by atoms with Gasteiger partial charge in [0.2, 0.25) is 0 Å². The Morgan fingerprint density at radius 3 is 2.73 bits per heavy atom. The molecule has 0 unspecified atom stereocenters. The molecule has 1 aliphatic rings. The summed E-state index contributed by atoms with van der Waals surface area (Å²) in [5.74, 6) is -0.0866. The molecule has 0 aliphatic carbocycles. The molecule has 4 nitrogen and oxygen atoms in total. The topological polar surface area (TPSA) is 54.0 Å². The van der Waals surface area contributed by atoms with Gasteiger partial charge in [-0.3, -0.25) is 9.78 Å². The van der Waals surface area contributed by atoms with E-state index < -0.39 is 0 Å². The minimum Gasteiger partial charge on any atom is -0.345 e. The van der Waals surface area contributed by atoms with Crippen LogP contribution in [0.15, 0.2) is 18.3 Å². The van der Waals surface area contributed by atoms with E-state index in [0.717, 1.165) is 18.7 Å². The Balaban J connectivity index is 0.00000112. The maximum atomic E-state index is 11.6. The lowest BCUT2D eigenvalue weighted by Crippen LogP contribution is -2.57. The summed E-state index contributed by atoms with van der Waals surface area (Å²) in [5, 5.41) is 5.98. The number of nitrogens with one attached hydrogen (secondary N) is 2. The van der Waals surface area contributed by atoms with E-state index in [1.54, 1.807) is 12.3 Å². The molecule has 0 bridgehead atoms. The second kappa shape index (κ2) is 5.09. The maximum Gasteiger partial charge on any atom is 0.270 e. The number of halogens is 1. The molecule has 2 rings (SSSR count). The number of carbonyl (C=O) groups excluding carboxylic acids is 1. The van der Waals surface area contributed by atoms with Crippen LogP contribution in [0.3, 0.4) is 0 Å². The first-order valence-corrected chi connectivity index (χ1v) is 4.70. The van der Waals surface area contributed by atoms with Crippen molar-refractivity contribution in [3.63, 3.8) is 0 Å². The van der Waals surface area contributed by atoms with E-state index in [2.05, 4.69) is 15.6 Å². The van der Waals surface area contributed by atoms with Crippen molar-refractivity contribution < 1.29 is 4.79 Å². The fraction of sp³-hybridized carbons (Fsp3) is 0.400. The van der Waals surface area contributed by atoms with E-state index in [4.69, 9.17) is 0 Å².